The van der Waals surface area contributed by atoms with E-state index in [2.05, 4.69) is 22.0 Å². The predicted octanol–water partition coefficient (Wildman–Crippen LogP) is 4.22. The van der Waals surface area contributed by atoms with Gasteiger partial charge in [0.2, 0.25) is 0 Å². The van der Waals surface area contributed by atoms with Crippen molar-refractivity contribution < 1.29 is 9.63 Å². The van der Waals surface area contributed by atoms with Crippen LogP contribution in [0.3, 0.4) is 0 Å². The standard InChI is InChI=1S/C25H29ClN6O2/c1-25(2,34-31-24(33)19-5-3-4-6-21(19)26)14-18-13-22(30-17-9-7-16(28)8-10-17)20(15-27)23-11-12-29-32(18)23/h3-6,11-13,16-17,30H,7-10,14,28H2,1-2H3,(H,31,33). The number of carbonyl (C=O) groups excluding carboxylic acids is 1. The van der Waals surface area contributed by atoms with Gasteiger partial charge in [-0.15, -0.1) is 0 Å². The van der Waals surface area contributed by atoms with Gasteiger partial charge in [-0.2, -0.15) is 10.4 Å². The first-order valence-corrected chi connectivity index (χ1v) is 11.8. The number of amides is 1. The Hall–Kier alpha value is -3.12. The predicted molar refractivity (Wildman–Crippen MR) is 132 cm³/mol. The van der Waals surface area contributed by atoms with Gasteiger partial charge in [-0.05, 0) is 63.8 Å². The van der Waals surface area contributed by atoms with Gasteiger partial charge in [-0.3, -0.25) is 9.63 Å². The van der Waals surface area contributed by atoms with Crippen LogP contribution in [0.5, 0.6) is 0 Å². The number of pyridine rings is 1. The first kappa shape index (κ1) is 24.0. The summed E-state index contributed by atoms with van der Waals surface area (Å²) in [4.78, 5) is 18.3. The molecule has 2 aromatic heterocycles. The van der Waals surface area contributed by atoms with Gasteiger partial charge < -0.3 is 11.1 Å². The van der Waals surface area contributed by atoms with Gasteiger partial charge in [0, 0.05) is 24.2 Å². The van der Waals surface area contributed by atoms with Crippen LogP contribution in [0.25, 0.3) is 5.52 Å². The lowest BCUT2D eigenvalue weighted by atomic mass is 9.91. The fraction of sp³-hybridized carbons (Fsp3) is 0.400. The van der Waals surface area contributed by atoms with E-state index in [1.54, 1.807) is 35.0 Å². The first-order chi connectivity index (χ1) is 16.3. The van der Waals surface area contributed by atoms with Gasteiger partial charge in [-0.1, -0.05) is 23.7 Å². The Morgan fingerprint density at radius 1 is 1.29 bits per heavy atom. The largest absolute Gasteiger partial charge is 0.381 e. The van der Waals surface area contributed by atoms with Crippen molar-refractivity contribution in [2.45, 2.75) is 63.6 Å². The maximum absolute atomic E-state index is 12.5. The summed E-state index contributed by atoms with van der Waals surface area (Å²) in [5.74, 6) is -0.416. The summed E-state index contributed by atoms with van der Waals surface area (Å²) in [6.07, 6.45) is 5.98. The SMILES string of the molecule is CC(C)(Cc1cc(NC2CCC(N)CC2)c(C#N)c2ccnn12)ONC(=O)c1ccccc1Cl. The molecule has 1 fully saturated rings. The minimum absolute atomic E-state index is 0.250. The Balaban J connectivity index is 1.54. The van der Waals surface area contributed by atoms with Gasteiger partial charge in [0.15, 0.2) is 0 Å². The molecule has 0 saturated heterocycles. The number of nitrogens with zero attached hydrogens (tertiary/aromatic N) is 3. The summed E-state index contributed by atoms with van der Waals surface area (Å²) in [5.41, 5.74) is 11.1. The van der Waals surface area contributed by atoms with E-state index >= 15 is 0 Å². The van der Waals surface area contributed by atoms with Crippen molar-refractivity contribution in [1.82, 2.24) is 15.1 Å². The van der Waals surface area contributed by atoms with Crippen LogP contribution in [0.1, 0.15) is 61.1 Å². The van der Waals surface area contributed by atoms with Crippen LogP contribution in [0, 0.1) is 11.3 Å². The van der Waals surface area contributed by atoms with E-state index in [-0.39, 0.29) is 12.1 Å². The third-order valence-corrected chi connectivity index (χ3v) is 6.47. The van der Waals surface area contributed by atoms with Crippen molar-refractivity contribution in [2.24, 2.45) is 5.73 Å². The van der Waals surface area contributed by atoms with Crippen molar-refractivity contribution in [3.8, 4) is 6.07 Å². The fourth-order valence-corrected chi connectivity index (χ4v) is 4.58. The van der Waals surface area contributed by atoms with Gasteiger partial charge in [0.05, 0.1) is 33.6 Å². The second-order valence-electron chi connectivity index (χ2n) is 9.37. The third kappa shape index (κ3) is 5.33. The summed E-state index contributed by atoms with van der Waals surface area (Å²) in [6, 6.07) is 13.4. The van der Waals surface area contributed by atoms with Crippen molar-refractivity contribution in [3.63, 3.8) is 0 Å². The number of halogens is 1. The molecule has 4 N–H and O–H groups in total. The van der Waals surface area contributed by atoms with Crippen LogP contribution in [-0.2, 0) is 11.3 Å². The molecular weight excluding hydrogens is 452 g/mol. The van der Waals surface area contributed by atoms with Crippen molar-refractivity contribution >= 4 is 28.7 Å². The molecule has 1 saturated carbocycles. The molecule has 0 spiro atoms. The number of carbonyl (C=O) groups is 1. The molecule has 0 radical (unpaired) electrons. The van der Waals surface area contributed by atoms with Gasteiger partial charge in [0.1, 0.15) is 11.6 Å². The topological polar surface area (TPSA) is 117 Å². The molecule has 1 aliphatic carbocycles. The lowest BCUT2D eigenvalue weighted by molar-refractivity contribution is -0.0704. The lowest BCUT2D eigenvalue weighted by Gasteiger charge is -2.29. The molecule has 8 nitrogen and oxygen atoms in total. The van der Waals surface area contributed by atoms with Crippen LogP contribution in [0.4, 0.5) is 5.69 Å². The van der Waals surface area contributed by atoms with Crippen LogP contribution >= 0.6 is 11.6 Å². The number of anilines is 1. The molecule has 34 heavy (non-hydrogen) atoms. The smallest absolute Gasteiger partial charge is 0.276 e. The summed E-state index contributed by atoms with van der Waals surface area (Å²) < 4.78 is 1.75. The van der Waals surface area contributed by atoms with E-state index in [0.29, 0.717) is 22.6 Å². The number of hydrogen-bond acceptors (Lipinski definition) is 6. The highest BCUT2D eigenvalue weighted by Gasteiger charge is 2.26. The molecule has 1 aliphatic rings. The van der Waals surface area contributed by atoms with Crippen LogP contribution < -0.4 is 16.5 Å². The van der Waals surface area contributed by atoms with Crippen molar-refractivity contribution in [1.29, 1.82) is 5.26 Å². The Bertz CT molecular complexity index is 1220. The van der Waals surface area contributed by atoms with E-state index in [0.717, 1.165) is 42.6 Å². The minimum Gasteiger partial charge on any atom is -0.381 e. The summed E-state index contributed by atoms with van der Waals surface area (Å²) in [7, 11) is 0. The number of nitriles is 1. The maximum Gasteiger partial charge on any atom is 0.276 e. The zero-order chi connectivity index (χ0) is 24.3. The molecule has 0 atom stereocenters. The number of benzene rings is 1. The molecule has 3 aromatic rings. The Morgan fingerprint density at radius 2 is 2.03 bits per heavy atom. The number of nitrogens with two attached hydrogens (primary N) is 1. The van der Waals surface area contributed by atoms with E-state index in [1.807, 2.05) is 26.0 Å². The second kappa shape index (κ2) is 10.0. The highest BCUT2D eigenvalue weighted by Crippen LogP contribution is 2.29. The number of aromatic nitrogens is 2. The monoisotopic (exact) mass is 480 g/mol. The molecule has 0 aliphatic heterocycles. The number of hydroxylamine groups is 1. The lowest BCUT2D eigenvalue weighted by Crippen LogP contribution is -2.38. The number of hydrogen-bond donors (Lipinski definition) is 3. The Morgan fingerprint density at radius 3 is 2.74 bits per heavy atom. The van der Waals surface area contributed by atoms with E-state index < -0.39 is 11.5 Å². The van der Waals surface area contributed by atoms with Gasteiger partial charge in [-0.25, -0.2) is 10.00 Å². The molecule has 0 bridgehead atoms. The van der Waals surface area contributed by atoms with E-state index in [9.17, 15) is 10.1 Å². The summed E-state index contributed by atoms with van der Waals surface area (Å²) in [5, 5.41) is 18.2. The maximum atomic E-state index is 12.5. The fourth-order valence-electron chi connectivity index (χ4n) is 4.36. The normalized spacial score (nSPS) is 18.4. The Labute approximate surface area is 204 Å². The molecular formula is C25H29ClN6O2. The average Bonchev–Trinajstić information content (AvgIpc) is 3.30. The summed E-state index contributed by atoms with van der Waals surface area (Å²) in [6.45, 7) is 3.76. The number of rotatable bonds is 7. The number of fused-ring (bicyclic) bond motifs is 1. The third-order valence-electron chi connectivity index (χ3n) is 6.14. The molecule has 4 rings (SSSR count). The molecule has 2 heterocycles. The zero-order valence-corrected chi connectivity index (χ0v) is 20.1. The van der Waals surface area contributed by atoms with Crippen LogP contribution in [0.2, 0.25) is 5.02 Å². The van der Waals surface area contributed by atoms with Crippen LogP contribution in [-0.4, -0.2) is 33.2 Å². The van der Waals surface area contributed by atoms with Gasteiger partial charge in [0.25, 0.3) is 5.91 Å². The molecule has 178 valence electrons. The second-order valence-corrected chi connectivity index (χ2v) is 9.78. The molecule has 0 unspecified atom stereocenters. The van der Waals surface area contributed by atoms with E-state index in [1.165, 1.54) is 0 Å². The average molecular weight is 481 g/mol. The summed E-state index contributed by atoms with van der Waals surface area (Å²) >= 11 is 6.12. The number of nitrogens with one attached hydrogen (secondary N) is 2. The van der Waals surface area contributed by atoms with Crippen molar-refractivity contribution in [3.05, 3.63) is 64.4 Å². The van der Waals surface area contributed by atoms with Gasteiger partial charge >= 0.3 is 0 Å². The Kier molecular flexibility index (Phi) is 7.08. The van der Waals surface area contributed by atoms with Crippen molar-refractivity contribution in [2.75, 3.05) is 5.32 Å². The molecule has 1 aromatic carbocycles. The van der Waals surface area contributed by atoms with E-state index in [4.69, 9.17) is 22.2 Å². The highest BCUT2D eigenvalue weighted by atomic mass is 35.5. The first-order valence-electron chi connectivity index (χ1n) is 11.4. The molecule has 1 amide bonds. The zero-order valence-electron chi connectivity index (χ0n) is 19.3. The quantitative estimate of drug-likeness (QED) is 0.436. The minimum atomic E-state index is -0.765. The van der Waals surface area contributed by atoms with Crippen LogP contribution in [0.15, 0.2) is 42.6 Å². The molecule has 9 heteroatoms. The highest BCUT2D eigenvalue weighted by molar-refractivity contribution is 6.33.